The first-order valence-electron chi connectivity index (χ1n) is 8.20. The molecule has 0 saturated carbocycles. The molecule has 1 N–H and O–H groups in total. The molecule has 0 heterocycles. The van der Waals surface area contributed by atoms with Crippen LogP contribution in [-0.2, 0) is 4.79 Å². The highest BCUT2D eigenvalue weighted by Crippen LogP contribution is 2.17. The number of anilines is 1. The van der Waals surface area contributed by atoms with E-state index in [0.717, 1.165) is 22.4 Å². The fraction of sp³-hybridized carbons (Fsp3) is 0.300. The van der Waals surface area contributed by atoms with Crippen LogP contribution in [0.3, 0.4) is 0 Å². The molecule has 1 amide bonds. The Morgan fingerprint density at radius 2 is 1.72 bits per heavy atom. The number of carbonyl (C=O) groups excluding carboxylic acids is 1. The van der Waals surface area contributed by atoms with Gasteiger partial charge in [-0.1, -0.05) is 18.2 Å². The Balaban J connectivity index is 1.90. The van der Waals surface area contributed by atoms with Gasteiger partial charge in [0, 0.05) is 19.8 Å². The smallest absolute Gasteiger partial charge is 0.280 e. The molecule has 5 nitrogen and oxygen atoms in total. The lowest BCUT2D eigenvalue weighted by atomic mass is 10.1. The standard InChI is InChI=1S/C20H25N3O2/c1-14-10-15(2)12-19(11-14)25-16(3)20(24)22-21-13-17-6-8-18(9-7-17)23(4)5/h6-13,16H,1-5H3,(H,22,24)/b21-13-/t16-/m0/s1. The van der Waals surface area contributed by atoms with Crippen molar-refractivity contribution < 1.29 is 9.53 Å². The van der Waals surface area contributed by atoms with Gasteiger partial charge >= 0.3 is 0 Å². The fourth-order valence-electron chi connectivity index (χ4n) is 2.38. The fourth-order valence-corrected chi connectivity index (χ4v) is 2.38. The lowest BCUT2D eigenvalue weighted by molar-refractivity contribution is -0.127. The van der Waals surface area contributed by atoms with E-state index in [9.17, 15) is 4.79 Å². The minimum Gasteiger partial charge on any atom is -0.481 e. The molecule has 0 aromatic heterocycles. The summed E-state index contributed by atoms with van der Waals surface area (Å²) < 4.78 is 5.69. The highest BCUT2D eigenvalue weighted by atomic mass is 16.5. The third kappa shape index (κ3) is 5.64. The summed E-state index contributed by atoms with van der Waals surface area (Å²) in [6, 6.07) is 13.8. The van der Waals surface area contributed by atoms with E-state index in [1.165, 1.54) is 0 Å². The summed E-state index contributed by atoms with van der Waals surface area (Å²) in [7, 11) is 3.97. The summed E-state index contributed by atoms with van der Waals surface area (Å²) in [6.45, 7) is 5.70. The molecular formula is C20H25N3O2. The quantitative estimate of drug-likeness (QED) is 0.649. The van der Waals surface area contributed by atoms with E-state index >= 15 is 0 Å². The summed E-state index contributed by atoms with van der Waals surface area (Å²) in [4.78, 5) is 14.1. The van der Waals surface area contributed by atoms with E-state index < -0.39 is 6.10 Å². The van der Waals surface area contributed by atoms with Crippen LogP contribution in [0.25, 0.3) is 0 Å². The molecule has 2 aromatic carbocycles. The van der Waals surface area contributed by atoms with Crippen LogP contribution in [0.1, 0.15) is 23.6 Å². The predicted octanol–water partition coefficient (Wildman–Crippen LogP) is 3.29. The number of hydrogen-bond donors (Lipinski definition) is 1. The molecule has 0 bridgehead atoms. The molecular weight excluding hydrogens is 314 g/mol. The van der Waals surface area contributed by atoms with Crippen molar-refractivity contribution in [2.24, 2.45) is 5.10 Å². The largest absolute Gasteiger partial charge is 0.481 e. The molecule has 1 atom stereocenters. The van der Waals surface area contributed by atoms with Crippen molar-refractivity contribution in [2.45, 2.75) is 26.9 Å². The second-order valence-corrected chi connectivity index (χ2v) is 6.30. The van der Waals surface area contributed by atoms with Crippen LogP contribution in [0.15, 0.2) is 47.6 Å². The molecule has 0 unspecified atom stereocenters. The van der Waals surface area contributed by atoms with Gasteiger partial charge in [-0.2, -0.15) is 5.10 Å². The average molecular weight is 339 g/mol. The summed E-state index contributed by atoms with van der Waals surface area (Å²) in [5.74, 6) is 0.392. The van der Waals surface area contributed by atoms with Gasteiger partial charge in [0.25, 0.3) is 5.91 Å². The Morgan fingerprint density at radius 3 is 2.28 bits per heavy atom. The minimum absolute atomic E-state index is 0.291. The maximum atomic E-state index is 12.1. The van der Waals surface area contributed by atoms with Crippen molar-refractivity contribution in [3.63, 3.8) is 0 Å². The van der Waals surface area contributed by atoms with Gasteiger partial charge in [-0.25, -0.2) is 5.43 Å². The lowest BCUT2D eigenvalue weighted by Gasteiger charge is -2.14. The van der Waals surface area contributed by atoms with Crippen LogP contribution in [0.2, 0.25) is 0 Å². The monoisotopic (exact) mass is 339 g/mol. The Morgan fingerprint density at radius 1 is 1.12 bits per heavy atom. The molecule has 132 valence electrons. The van der Waals surface area contributed by atoms with Crippen LogP contribution in [0.4, 0.5) is 5.69 Å². The van der Waals surface area contributed by atoms with Gasteiger partial charge in [0.2, 0.25) is 0 Å². The molecule has 0 radical (unpaired) electrons. The Bertz CT molecular complexity index is 732. The van der Waals surface area contributed by atoms with Gasteiger partial charge in [0.05, 0.1) is 6.21 Å². The van der Waals surface area contributed by atoms with Gasteiger partial charge < -0.3 is 9.64 Å². The minimum atomic E-state index is -0.630. The van der Waals surface area contributed by atoms with E-state index in [-0.39, 0.29) is 5.91 Å². The molecule has 25 heavy (non-hydrogen) atoms. The molecule has 0 saturated heterocycles. The zero-order valence-electron chi connectivity index (χ0n) is 15.4. The number of amides is 1. The molecule has 0 aliphatic carbocycles. The van der Waals surface area contributed by atoms with Crippen LogP contribution in [0.5, 0.6) is 5.75 Å². The Hall–Kier alpha value is -2.82. The Kier molecular flexibility index (Phi) is 6.17. The maximum Gasteiger partial charge on any atom is 0.280 e. The number of hydrazone groups is 1. The molecule has 5 heteroatoms. The number of rotatable bonds is 6. The van der Waals surface area contributed by atoms with E-state index in [4.69, 9.17) is 4.74 Å². The van der Waals surface area contributed by atoms with Crippen molar-refractivity contribution in [1.82, 2.24) is 5.43 Å². The number of ether oxygens (including phenoxy) is 1. The number of hydrogen-bond acceptors (Lipinski definition) is 4. The molecule has 0 aliphatic heterocycles. The maximum absolute atomic E-state index is 12.1. The van der Waals surface area contributed by atoms with Gasteiger partial charge in [-0.3, -0.25) is 4.79 Å². The van der Waals surface area contributed by atoms with Gasteiger partial charge in [0.15, 0.2) is 6.10 Å². The van der Waals surface area contributed by atoms with Crippen LogP contribution in [0, 0.1) is 13.8 Å². The summed E-state index contributed by atoms with van der Waals surface area (Å²) in [5, 5.41) is 4.00. The predicted molar refractivity (Wildman–Crippen MR) is 103 cm³/mol. The van der Waals surface area contributed by atoms with Crippen molar-refractivity contribution in [3.8, 4) is 5.75 Å². The molecule has 2 aromatic rings. The number of nitrogens with one attached hydrogen (secondary N) is 1. The number of benzene rings is 2. The highest BCUT2D eigenvalue weighted by molar-refractivity contribution is 5.84. The van der Waals surface area contributed by atoms with Gasteiger partial charge in [0.1, 0.15) is 5.75 Å². The van der Waals surface area contributed by atoms with Crippen LogP contribution in [-0.4, -0.2) is 32.3 Å². The second-order valence-electron chi connectivity index (χ2n) is 6.30. The summed E-state index contributed by atoms with van der Waals surface area (Å²) in [6.07, 6.45) is 0.982. The number of aryl methyl sites for hydroxylation is 2. The lowest BCUT2D eigenvalue weighted by Crippen LogP contribution is -2.33. The van der Waals surface area contributed by atoms with E-state index in [0.29, 0.717) is 5.75 Å². The van der Waals surface area contributed by atoms with Crippen molar-refractivity contribution in [1.29, 1.82) is 0 Å². The number of nitrogens with zero attached hydrogens (tertiary/aromatic N) is 2. The third-order valence-electron chi connectivity index (χ3n) is 3.68. The second kappa shape index (κ2) is 8.33. The average Bonchev–Trinajstić information content (AvgIpc) is 2.54. The molecule has 0 fully saturated rings. The van der Waals surface area contributed by atoms with Crippen molar-refractivity contribution in [2.75, 3.05) is 19.0 Å². The van der Waals surface area contributed by atoms with E-state index in [2.05, 4.69) is 16.6 Å². The topological polar surface area (TPSA) is 53.9 Å². The first-order chi connectivity index (χ1) is 11.8. The van der Waals surface area contributed by atoms with Crippen LogP contribution >= 0.6 is 0 Å². The third-order valence-corrected chi connectivity index (χ3v) is 3.68. The molecule has 0 aliphatic rings. The number of carbonyl (C=O) groups is 1. The van der Waals surface area contributed by atoms with Gasteiger partial charge in [-0.05, 0) is 61.7 Å². The first kappa shape index (κ1) is 18.5. The first-order valence-corrected chi connectivity index (χ1v) is 8.20. The van der Waals surface area contributed by atoms with Crippen molar-refractivity contribution >= 4 is 17.8 Å². The van der Waals surface area contributed by atoms with E-state index in [1.807, 2.05) is 69.2 Å². The summed E-state index contributed by atoms with van der Waals surface area (Å²) >= 11 is 0. The zero-order valence-corrected chi connectivity index (χ0v) is 15.4. The summed E-state index contributed by atoms with van der Waals surface area (Å²) in [5.41, 5.74) is 6.73. The molecule has 0 spiro atoms. The zero-order chi connectivity index (χ0) is 18.4. The van der Waals surface area contributed by atoms with E-state index in [1.54, 1.807) is 13.1 Å². The Labute approximate surface area is 149 Å². The van der Waals surface area contributed by atoms with Crippen LogP contribution < -0.4 is 15.1 Å². The highest BCUT2D eigenvalue weighted by Gasteiger charge is 2.14. The SMILES string of the molecule is Cc1cc(C)cc(O[C@@H](C)C(=O)N/N=C\c2ccc(N(C)C)cc2)c1. The van der Waals surface area contributed by atoms with Crippen molar-refractivity contribution in [3.05, 3.63) is 59.2 Å². The normalized spacial score (nSPS) is 12.0. The van der Waals surface area contributed by atoms with Gasteiger partial charge in [-0.15, -0.1) is 0 Å². The molecule has 2 rings (SSSR count).